The molecule has 2 aromatic carbocycles. The lowest BCUT2D eigenvalue weighted by Gasteiger charge is -2.13. The Morgan fingerprint density at radius 1 is 0.862 bits per heavy atom. The topological polar surface area (TPSA) is 72.0 Å². The Morgan fingerprint density at radius 2 is 1.62 bits per heavy atom. The summed E-state index contributed by atoms with van der Waals surface area (Å²) in [5, 5.41) is 6.65. The minimum absolute atomic E-state index is 0.542. The van der Waals surface area contributed by atoms with Gasteiger partial charge in [0.15, 0.2) is 0 Å². The van der Waals surface area contributed by atoms with Crippen molar-refractivity contribution in [3.05, 3.63) is 90.8 Å². The van der Waals surface area contributed by atoms with Crippen molar-refractivity contribution in [3.63, 3.8) is 0 Å². The fourth-order valence-corrected chi connectivity index (χ4v) is 2.91. The van der Waals surface area contributed by atoms with Crippen molar-refractivity contribution in [2.24, 2.45) is 0 Å². The number of hydrogen-bond acceptors (Lipinski definition) is 6. The fourth-order valence-electron chi connectivity index (χ4n) is 2.91. The predicted molar refractivity (Wildman–Crippen MR) is 115 cm³/mol. The molecule has 2 heterocycles. The lowest BCUT2D eigenvalue weighted by molar-refractivity contribution is 0.417. The summed E-state index contributed by atoms with van der Waals surface area (Å²) in [4.78, 5) is 13.4. The van der Waals surface area contributed by atoms with Crippen molar-refractivity contribution >= 4 is 17.5 Å². The first-order chi connectivity index (χ1) is 14.3. The molecule has 0 amide bonds. The molecule has 6 heteroatoms. The highest BCUT2D eigenvalue weighted by Gasteiger charge is 2.09. The fraction of sp³-hybridized carbons (Fsp3) is 0.0870. The van der Waals surface area contributed by atoms with Crippen LogP contribution in [0.3, 0.4) is 0 Å². The van der Waals surface area contributed by atoms with E-state index < -0.39 is 0 Å². The Kier molecular flexibility index (Phi) is 5.62. The summed E-state index contributed by atoms with van der Waals surface area (Å²) >= 11 is 0. The Hall–Kier alpha value is -3.93. The molecule has 4 aromatic rings. The first-order valence-electron chi connectivity index (χ1n) is 9.29. The standard InChI is InChI=1S/C23H21N5O/c1-29-21-10-6-5-9-19(21)26-22-15-20(18-7-3-2-4-8-18)27-23(28-22)25-16-17-11-13-24-14-12-17/h2-15H,16H2,1H3,(H2,25,26,27,28). The Labute approximate surface area is 169 Å². The van der Waals surface area contributed by atoms with Crippen molar-refractivity contribution in [1.29, 1.82) is 0 Å². The number of methoxy groups -OCH3 is 1. The molecule has 144 valence electrons. The molecular formula is C23H21N5O. The predicted octanol–water partition coefficient (Wildman–Crippen LogP) is 4.90. The van der Waals surface area contributed by atoms with Crippen LogP contribution in [-0.2, 0) is 6.54 Å². The highest BCUT2D eigenvalue weighted by atomic mass is 16.5. The SMILES string of the molecule is COc1ccccc1Nc1cc(-c2ccccc2)nc(NCc2ccncc2)n1. The maximum atomic E-state index is 5.44. The zero-order valence-electron chi connectivity index (χ0n) is 16.0. The third-order valence-corrected chi connectivity index (χ3v) is 4.37. The second-order valence-corrected chi connectivity index (χ2v) is 6.36. The van der Waals surface area contributed by atoms with E-state index in [9.17, 15) is 0 Å². The van der Waals surface area contributed by atoms with Crippen LogP contribution < -0.4 is 15.4 Å². The summed E-state index contributed by atoms with van der Waals surface area (Å²) in [6.45, 7) is 0.606. The van der Waals surface area contributed by atoms with Gasteiger partial charge in [0.1, 0.15) is 11.6 Å². The van der Waals surface area contributed by atoms with E-state index in [4.69, 9.17) is 9.72 Å². The van der Waals surface area contributed by atoms with Gasteiger partial charge in [-0.2, -0.15) is 4.98 Å². The van der Waals surface area contributed by atoms with E-state index in [1.54, 1.807) is 19.5 Å². The molecule has 0 radical (unpaired) electrons. The number of para-hydroxylation sites is 2. The van der Waals surface area contributed by atoms with Crippen LogP contribution in [0.15, 0.2) is 85.2 Å². The molecular weight excluding hydrogens is 362 g/mol. The maximum absolute atomic E-state index is 5.44. The van der Waals surface area contributed by atoms with Crippen LogP contribution in [-0.4, -0.2) is 22.1 Å². The van der Waals surface area contributed by atoms with E-state index in [2.05, 4.69) is 20.6 Å². The normalized spacial score (nSPS) is 10.4. The summed E-state index contributed by atoms with van der Waals surface area (Å²) in [5.41, 5.74) is 3.79. The lowest BCUT2D eigenvalue weighted by Crippen LogP contribution is -2.06. The van der Waals surface area contributed by atoms with Gasteiger partial charge in [-0.05, 0) is 29.8 Å². The van der Waals surface area contributed by atoms with Gasteiger partial charge in [-0.25, -0.2) is 4.98 Å². The van der Waals surface area contributed by atoms with Gasteiger partial charge in [0, 0.05) is 30.6 Å². The second kappa shape index (κ2) is 8.84. The highest BCUT2D eigenvalue weighted by Crippen LogP contribution is 2.28. The van der Waals surface area contributed by atoms with Gasteiger partial charge in [0.25, 0.3) is 0 Å². The van der Waals surface area contributed by atoms with Gasteiger partial charge in [-0.15, -0.1) is 0 Å². The summed E-state index contributed by atoms with van der Waals surface area (Å²) in [6, 6.07) is 23.6. The van der Waals surface area contributed by atoms with Crippen LogP contribution >= 0.6 is 0 Å². The smallest absolute Gasteiger partial charge is 0.225 e. The monoisotopic (exact) mass is 383 g/mol. The van der Waals surface area contributed by atoms with Gasteiger partial charge >= 0.3 is 0 Å². The molecule has 0 atom stereocenters. The van der Waals surface area contributed by atoms with E-state index in [1.165, 1.54) is 0 Å². The van der Waals surface area contributed by atoms with Crippen LogP contribution in [0.2, 0.25) is 0 Å². The van der Waals surface area contributed by atoms with E-state index in [-0.39, 0.29) is 0 Å². The minimum Gasteiger partial charge on any atom is -0.495 e. The van der Waals surface area contributed by atoms with Crippen molar-refractivity contribution in [1.82, 2.24) is 15.0 Å². The van der Waals surface area contributed by atoms with Crippen molar-refractivity contribution in [2.75, 3.05) is 17.7 Å². The molecule has 6 nitrogen and oxygen atoms in total. The lowest BCUT2D eigenvalue weighted by atomic mass is 10.1. The molecule has 0 unspecified atom stereocenters. The van der Waals surface area contributed by atoms with E-state index >= 15 is 0 Å². The Morgan fingerprint density at radius 3 is 2.41 bits per heavy atom. The van der Waals surface area contributed by atoms with Gasteiger partial charge in [0.2, 0.25) is 5.95 Å². The number of pyridine rings is 1. The zero-order chi connectivity index (χ0) is 19.9. The average Bonchev–Trinajstić information content (AvgIpc) is 2.79. The minimum atomic E-state index is 0.542. The molecule has 0 aliphatic heterocycles. The first-order valence-corrected chi connectivity index (χ1v) is 9.29. The third kappa shape index (κ3) is 4.68. The van der Waals surface area contributed by atoms with Crippen molar-refractivity contribution in [3.8, 4) is 17.0 Å². The second-order valence-electron chi connectivity index (χ2n) is 6.36. The molecule has 0 saturated heterocycles. The summed E-state index contributed by atoms with van der Waals surface area (Å²) in [7, 11) is 1.65. The summed E-state index contributed by atoms with van der Waals surface area (Å²) < 4.78 is 5.44. The number of benzene rings is 2. The molecule has 0 aliphatic carbocycles. The molecule has 2 N–H and O–H groups in total. The molecule has 0 saturated carbocycles. The summed E-state index contributed by atoms with van der Waals surface area (Å²) in [6.07, 6.45) is 3.54. The number of nitrogens with zero attached hydrogens (tertiary/aromatic N) is 3. The molecule has 0 aliphatic rings. The number of hydrogen-bond donors (Lipinski definition) is 2. The zero-order valence-corrected chi connectivity index (χ0v) is 16.0. The number of aromatic nitrogens is 3. The third-order valence-electron chi connectivity index (χ3n) is 4.37. The Balaban J connectivity index is 1.66. The first kappa shape index (κ1) is 18.4. The van der Waals surface area contributed by atoms with Crippen LogP contribution in [0.4, 0.5) is 17.5 Å². The van der Waals surface area contributed by atoms with E-state index in [0.717, 1.165) is 28.3 Å². The highest BCUT2D eigenvalue weighted by molar-refractivity contribution is 5.69. The van der Waals surface area contributed by atoms with Crippen LogP contribution in [0, 0.1) is 0 Å². The van der Waals surface area contributed by atoms with Gasteiger partial charge in [-0.3, -0.25) is 4.98 Å². The maximum Gasteiger partial charge on any atom is 0.225 e. The van der Waals surface area contributed by atoms with E-state index in [1.807, 2.05) is 72.8 Å². The van der Waals surface area contributed by atoms with Crippen LogP contribution in [0.5, 0.6) is 5.75 Å². The number of nitrogens with one attached hydrogen (secondary N) is 2. The van der Waals surface area contributed by atoms with Crippen LogP contribution in [0.1, 0.15) is 5.56 Å². The quantitative estimate of drug-likeness (QED) is 0.473. The van der Waals surface area contributed by atoms with Gasteiger partial charge < -0.3 is 15.4 Å². The molecule has 0 fully saturated rings. The van der Waals surface area contributed by atoms with Crippen molar-refractivity contribution < 1.29 is 4.74 Å². The molecule has 0 bridgehead atoms. The molecule has 0 spiro atoms. The summed E-state index contributed by atoms with van der Waals surface area (Å²) in [5.74, 6) is 1.97. The van der Waals surface area contributed by atoms with Crippen LogP contribution in [0.25, 0.3) is 11.3 Å². The largest absolute Gasteiger partial charge is 0.495 e. The number of anilines is 3. The number of rotatable bonds is 7. The molecule has 29 heavy (non-hydrogen) atoms. The average molecular weight is 383 g/mol. The number of ether oxygens (including phenoxy) is 1. The Bertz CT molecular complexity index is 1070. The molecule has 4 rings (SSSR count). The van der Waals surface area contributed by atoms with Crippen molar-refractivity contribution in [2.45, 2.75) is 6.54 Å². The van der Waals surface area contributed by atoms with Gasteiger partial charge in [0.05, 0.1) is 18.5 Å². The van der Waals surface area contributed by atoms with Gasteiger partial charge in [-0.1, -0.05) is 42.5 Å². The van der Waals surface area contributed by atoms with E-state index in [0.29, 0.717) is 18.3 Å². The molecule has 2 aromatic heterocycles.